The molecule has 0 aromatic carbocycles. The van der Waals surface area contributed by atoms with E-state index in [0.717, 1.165) is 24.3 Å². The number of rotatable bonds is 3. The number of nitrogen functional groups attached to an aromatic ring is 1. The number of hydrogen-bond acceptors (Lipinski definition) is 5. The van der Waals surface area contributed by atoms with Crippen LogP contribution in [0.4, 0.5) is 5.69 Å². The standard InChI is InChI=1S/C10H15N3O2S2/c11-9-4-1-5-12-10(9)17(14,15)13-8-3-2-6-16-7-8/h1,4-5,8,13H,2-3,6-7,11H2. The minimum absolute atomic E-state index is 0.0137. The lowest BCUT2D eigenvalue weighted by Gasteiger charge is -2.22. The average Bonchev–Trinajstić information content (AvgIpc) is 2.30. The van der Waals surface area contributed by atoms with Gasteiger partial charge in [0.05, 0.1) is 5.69 Å². The molecule has 2 rings (SSSR count). The van der Waals surface area contributed by atoms with Gasteiger partial charge < -0.3 is 5.73 Å². The molecule has 1 aromatic rings. The molecule has 17 heavy (non-hydrogen) atoms. The molecule has 0 bridgehead atoms. The predicted molar refractivity (Wildman–Crippen MR) is 69.3 cm³/mol. The van der Waals surface area contributed by atoms with E-state index in [0.29, 0.717) is 0 Å². The van der Waals surface area contributed by atoms with Crippen LogP contribution >= 0.6 is 11.8 Å². The molecule has 1 unspecified atom stereocenters. The highest BCUT2D eigenvalue weighted by molar-refractivity contribution is 7.99. The Balaban J connectivity index is 2.16. The third-order valence-electron chi connectivity index (χ3n) is 2.54. The molecule has 0 aliphatic carbocycles. The second-order valence-electron chi connectivity index (χ2n) is 3.93. The number of anilines is 1. The molecule has 1 aliphatic heterocycles. The molecule has 1 saturated heterocycles. The van der Waals surface area contributed by atoms with Crippen LogP contribution in [0, 0.1) is 0 Å². The molecular weight excluding hydrogens is 258 g/mol. The van der Waals surface area contributed by atoms with Crippen molar-refractivity contribution in [3.05, 3.63) is 18.3 Å². The molecule has 1 aliphatic rings. The minimum atomic E-state index is -3.59. The first-order valence-electron chi connectivity index (χ1n) is 5.40. The minimum Gasteiger partial charge on any atom is -0.396 e. The highest BCUT2D eigenvalue weighted by Gasteiger charge is 2.24. The van der Waals surface area contributed by atoms with Crippen LogP contribution in [0.15, 0.2) is 23.4 Å². The van der Waals surface area contributed by atoms with Crippen LogP contribution in [-0.4, -0.2) is 30.9 Å². The summed E-state index contributed by atoms with van der Waals surface area (Å²) in [6.45, 7) is 0. The van der Waals surface area contributed by atoms with Gasteiger partial charge in [0, 0.05) is 18.0 Å². The van der Waals surface area contributed by atoms with E-state index in [1.807, 2.05) is 0 Å². The third-order valence-corrected chi connectivity index (χ3v) is 5.25. The van der Waals surface area contributed by atoms with Gasteiger partial charge in [-0.05, 0) is 30.7 Å². The van der Waals surface area contributed by atoms with Gasteiger partial charge >= 0.3 is 0 Å². The number of aromatic nitrogens is 1. The van der Waals surface area contributed by atoms with Crippen molar-refractivity contribution >= 4 is 27.5 Å². The van der Waals surface area contributed by atoms with E-state index in [1.54, 1.807) is 17.8 Å². The van der Waals surface area contributed by atoms with E-state index in [9.17, 15) is 8.42 Å². The van der Waals surface area contributed by atoms with Gasteiger partial charge in [0.2, 0.25) is 0 Å². The van der Waals surface area contributed by atoms with Gasteiger partial charge in [-0.15, -0.1) is 0 Å². The van der Waals surface area contributed by atoms with Crippen molar-refractivity contribution in [2.45, 2.75) is 23.9 Å². The molecule has 5 nitrogen and oxygen atoms in total. The molecule has 1 aromatic heterocycles. The Hall–Kier alpha value is -0.790. The number of hydrogen-bond donors (Lipinski definition) is 2. The van der Waals surface area contributed by atoms with E-state index in [1.165, 1.54) is 12.3 Å². The number of thioether (sulfide) groups is 1. The summed E-state index contributed by atoms with van der Waals surface area (Å²) >= 11 is 1.76. The zero-order valence-electron chi connectivity index (χ0n) is 9.30. The van der Waals surface area contributed by atoms with Crippen LogP contribution in [0.25, 0.3) is 0 Å². The highest BCUT2D eigenvalue weighted by Crippen LogP contribution is 2.20. The molecule has 0 radical (unpaired) electrons. The lowest BCUT2D eigenvalue weighted by Crippen LogP contribution is -2.38. The average molecular weight is 273 g/mol. The molecule has 0 saturated carbocycles. The number of nitrogens with zero attached hydrogens (tertiary/aromatic N) is 1. The fourth-order valence-corrected chi connectivity index (χ4v) is 4.24. The Labute approximate surface area is 105 Å². The van der Waals surface area contributed by atoms with Gasteiger partial charge in [-0.25, -0.2) is 18.1 Å². The summed E-state index contributed by atoms with van der Waals surface area (Å²) < 4.78 is 26.8. The summed E-state index contributed by atoms with van der Waals surface area (Å²) in [4.78, 5) is 3.83. The number of pyridine rings is 1. The Kier molecular flexibility index (Phi) is 3.90. The summed E-state index contributed by atoms with van der Waals surface area (Å²) in [6.07, 6.45) is 3.34. The van der Waals surface area contributed by atoms with Gasteiger partial charge in [0.15, 0.2) is 5.03 Å². The Morgan fingerprint density at radius 1 is 1.53 bits per heavy atom. The number of sulfonamides is 1. The van der Waals surface area contributed by atoms with Gasteiger partial charge in [-0.2, -0.15) is 11.8 Å². The number of nitrogens with two attached hydrogens (primary N) is 1. The van der Waals surface area contributed by atoms with E-state index < -0.39 is 10.0 Å². The summed E-state index contributed by atoms with van der Waals surface area (Å²) in [5, 5.41) is -0.0735. The maximum Gasteiger partial charge on any atom is 0.260 e. The Morgan fingerprint density at radius 2 is 2.35 bits per heavy atom. The van der Waals surface area contributed by atoms with Crippen LogP contribution in [0.5, 0.6) is 0 Å². The van der Waals surface area contributed by atoms with Crippen LogP contribution in [0.3, 0.4) is 0 Å². The summed E-state index contributed by atoms with van der Waals surface area (Å²) in [5.74, 6) is 1.91. The molecular formula is C10H15N3O2S2. The van der Waals surface area contributed by atoms with Crippen molar-refractivity contribution in [1.82, 2.24) is 9.71 Å². The van der Waals surface area contributed by atoms with E-state index >= 15 is 0 Å². The van der Waals surface area contributed by atoms with Gasteiger partial charge in [-0.1, -0.05) is 0 Å². The molecule has 1 atom stereocenters. The SMILES string of the molecule is Nc1cccnc1S(=O)(=O)NC1CCCSC1. The van der Waals surface area contributed by atoms with Gasteiger partial charge in [0.25, 0.3) is 10.0 Å². The second kappa shape index (κ2) is 5.24. The van der Waals surface area contributed by atoms with Gasteiger partial charge in [0.1, 0.15) is 0 Å². The molecule has 7 heteroatoms. The zero-order valence-corrected chi connectivity index (χ0v) is 10.9. The summed E-state index contributed by atoms with van der Waals surface area (Å²) in [7, 11) is -3.59. The van der Waals surface area contributed by atoms with Crippen LogP contribution in [-0.2, 0) is 10.0 Å². The topological polar surface area (TPSA) is 85.1 Å². The third kappa shape index (κ3) is 3.11. The first kappa shape index (κ1) is 12.7. The molecule has 2 heterocycles. The van der Waals surface area contributed by atoms with Crippen molar-refractivity contribution < 1.29 is 8.42 Å². The van der Waals surface area contributed by atoms with Crippen molar-refractivity contribution in [2.24, 2.45) is 0 Å². The fraction of sp³-hybridized carbons (Fsp3) is 0.500. The lowest BCUT2D eigenvalue weighted by molar-refractivity contribution is 0.540. The smallest absolute Gasteiger partial charge is 0.260 e. The maximum atomic E-state index is 12.1. The van der Waals surface area contributed by atoms with Crippen LogP contribution in [0.1, 0.15) is 12.8 Å². The monoisotopic (exact) mass is 273 g/mol. The Bertz CT molecular complexity index is 484. The van der Waals surface area contributed by atoms with E-state index in [-0.39, 0.29) is 16.8 Å². The summed E-state index contributed by atoms with van der Waals surface area (Å²) in [6, 6.07) is 3.14. The normalized spacial score (nSPS) is 21.3. The first-order valence-corrected chi connectivity index (χ1v) is 8.04. The second-order valence-corrected chi connectivity index (χ2v) is 6.71. The lowest BCUT2D eigenvalue weighted by atomic mass is 10.2. The van der Waals surface area contributed by atoms with Gasteiger partial charge in [-0.3, -0.25) is 0 Å². The number of nitrogens with one attached hydrogen (secondary N) is 1. The molecule has 94 valence electrons. The van der Waals surface area contributed by atoms with Crippen molar-refractivity contribution in [1.29, 1.82) is 0 Å². The molecule has 0 spiro atoms. The highest BCUT2D eigenvalue weighted by atomic mass is 32.2. The first-order chi connectivity index (χ1) is 8.09. The molecule has 1 fully saturated rings. The fourth-order valence-electron chi connectivity index (χ4n) is 1.74. The van der Waals surface area contributed by atoms with Crippen molar-refractivity contribution in [2.75, 3.05) is 17.2 Å². The predicted octanol–water partition coefficient (Wildman–Crippen LogP) is 0.838. The van der Waals surface area contributed by atoms with E-state index in [4.69, 9.17) is 5.73 Å². The quantitative estimate of drug-likeness (QED) is 0.852. The zero-order chi connectivity index (χ0) is 12.3. The van der Waals surface area contributed by atoms with E-state index in [2.05, 4.69) is 9.71 Å². The van der Waals surface area contributed by atoms with Crippen molar-refractivity contribution in [3.8, 4) is 0 Å². The largest absolute Gasteiger partial charge is 0.396 e. The Morgan fingerprint density at radius 3 is 3.00 bits per heavy atom. The molecule has 3 N–H and O–H groups in total. The maximum absolute atomic E-state index is 12.1. The summed E-state index contributed by atoms with van der Waals surface area (Å²) in [5.41, 5.74) is 5.81. The molecule has 0 amide bonds. The van der Waals surface area contributed by atoms with Crippen LogP contribution < -0.4 is 10.5 Å². The van der Waals surface area contributed by atoms with Crippen LogP contribution in [0.2, 0.25) is 0 Å². The van der Waals surface area contributed by atoms with Crippen molar-refractivity contribution in [3.63, 3.8) is 0 Å².